The number of aromatic amines is 1. The number of nitrogens with one attached hydrogen (secondary N) is 2. The number of thiophene rings is 1. The summed E-state index contributed by atoms with van der Waals surface area (Å²) in [5.74, 6) is -0.153. The number of pyridine rings is 2. The lowest BCUT2D eigenvalue weighted by Crippen LogP contribution is -2.20. The lowest BCUT2D eigenvalue weighted by atomic mass is 9.97. The van der Waals surface area contributed by atoms with Crippen molar-refractivity contribution >= 4 is 33.1 Å². The third kappa shape index (κ3) is 4.97. The number of halogens is 1. The maximum Gasteiger partial charge on any atom is 0.243 e. The Morgan fingerprint density at radius 3 is 2.89 bits per heavy atom. The van der Waals surface area contributed by atoms with Crippen molar-refractivity contribution < 1.29 is 19.0 Å². The van der Waals surface area contributed by atoms with Gasteiger partial charge >= 0.3 is 0 Å². The maximum absolute atomic E-state index is 14.2. The molecule has 1 amide bonds. The van der Waals surface area contributed by atoms with E-state index in [1.165, 1.54) is 29.5 Å². The standard InChI is InChI=1S/C27H23FN6O3S/c1-2-23(36)31-14-17-13-20(34-33-17)26-24(18-4-3-16(28)12-21(18)37-9-8-35)27-19(6-10-38-27)25(32-26)15-5-7-30-22(29)11-15/h2-7,10-13,35H,1,8-9,14H2,(H2,29,30)(H,31,36)(H,33,34). The number of benzene rings is 1. The van der Waals surface area contributed by atoms with Gasteiger partial charge in [-0.1, -0.05) is 6.58 Å². The number of rotatable bonds is 9. The second-order valence-electron chi connectivity index (χ2n) is 8.23. The van der Waals surface area contributed by atoms with E-state index in [2.05, 4.69) is 27.1 Å². The number of nitrogen functional groups attached to an aromatic ring is 1. The summed E-state index contributed by atoms with van der Waals surface area (Å²) in [5, 5.41) is 22.3. The topological polar surface area (TPSA) is 139 Å². The van der Waals surface area contributed by atoms with E-state index in [1.54, 1.807) is 24.4 Å². The number of hydrogen-bond acceptors (Lipinski definition) is 8. The molecule has 4 heterocycles. The zero-order valence-corrected chi connectivity index (χ0v) is 20.9. The van der Waals surface area contributed by atoms with E-state index < -0.39 is 5.82 Å². The number of aromatic nitrogens is 4. The summed E-state index contributed by atoms with van der Waals surface area (Å²) in [4.78, 5) is 20.8. The molecule has 0 spiro atoms. The average molecular weight is 531 g/mol. The number of ether oxygens (including phenoxy) is 1. The zero-order chi connectivity index (χ0) is 26.6. The molecule has 9 nitrogen and oxygen atoms in total. The Balaban J connectivity index is 1.75. The minimum Gasteiger partial charge on any atom is -0.490 e. The van der Waals surface area contributed by atoms with Crippen molar-refractivity contribution in [1.82, 2.24) is 25.5 Å². The number of carbonyl (C=O) groups excluding carboxylic acids is 1. The van der Waals surface area contributed by atoms with Crippen LogP contribution in [0.4, 0.5) is 10.2 Å². The number of anilines is 1. The number of aliphatic hydroxyl groups excluding tert-OH is 1. The summed E-state index contributed by atoms with van der Waals surface area (Å²) < 4.78 is 20.8. The van der Waals surface area contributed by atoms with Crippen molar-refractivity contribution in [3.8, 4) is 39.5 Å². The number of aliphatic hydroxyl groups is 1. The fraction of sp³-hybridized carbons (Fsp3) is 0.111. The minimum absolute atomic E-state index is 0.00325. The second-order valence-corrected chi connectivity index (χ2v) is 9.15. The Morgan fingerprint density at radius 1 is 1.24 bits per heavy atom. The highest BCUT2D eigenvalue weighted by Crippen LogP contribution is 2.45. The first-order valence-corrected chi connectivity index (χ1v) is 12.5. The van der Waals surface area contributed by atoms with Crippen molar-refractivity contribution in [2.45, 2.75) is 6.54 Å². The molecule has 5 N–H and O–H groups in total. The molecule has 0 fully saturated rings. The highest BCUT2D eigenvalue weighted by molar-refractivity contribution is 7.18. The summed E-state index contributed by atoms with van der Waals surface area (Å²) in [6.07, 6.45) is 2.81. The van der Waals surface area contributed by atoms with Crippen molar-refractivity contribution in [3.05, 3.63) is 78.2 Å². The van der Waals surface area contributed by atoms with E-state index in [4.69, 9.17) is 15.5 Å². The molecule has 38 heavy (non-hydrogen) atoms. The molecule has 0 radical (unpaired) electrons. The smallest absolute Gasteiger partial charge is 0.243 e. The number of nitrogens with zero attached hydrogens (tertiary/aromatic N) is 3. The Labute approximate surface area is 220 Å². The summed E-state index contributed by atoms with van der Waals surface area (Å²) in [6.45, 7) is 3.44. The Hall–Kier alpha value is -4.61. The molecule has 0 aliphatic rings. The van der Waals surface area contributed by atoms with Gasteiger partial charge in [-0.25, -0.2) is 14.4 Å². The number of hydrogen-bond donors (Lipinski definition) is 4. The fourth-order valence-electron chi connectivity index (χ4n) is 4.08. The molecule has 1 aromatic carbocycles. The normalized spacial score (nSPS) is 11.0. The molecule has 192 valence electrons. The summed E-state index contributed by atoms with van der Waals surface area (Å²) in [7, 11) is 0. The first kappa shape index (κ1) is 25.1. The van der Waals surface area contributed by atoms with Crippen LogP contribution in [-0.2, 0) is 11.3 Å². The van der Waals surface area contributed by atoms with Gasteiger partial charge < -0.3 is 20.9 Å². The van der Waals surface area contributed by atoms with Crippen molar-refractivity contribution in [1.29, 1.82) is 0 Å². The lowest BCUT2D eigenvalue weighted by molar-refractivity contribution is -0.116. The van der Waals surface area contributed by atoms with E-state index in [-0.39, 0.29) is 31.4 Å². The highest BCUT2D eigenvalue weighted by Gasteiger charge is 2.23. The predicted molar refractivity (Wildman–Crippen MR) is 145 cm³/mol. The molecular formula is C27H23FN6O3S. The third-order valence-corrected chi connectivity index (χ3v) is 6.67. The van der Waals surface area contributed by atoms with Gasteiger partial charge in [0.1, 0.15) is 35.4 Å². The molecule has 4 aromatic heterocycles. The molecule has 5 aromatic rings. The predicted octanol–water partition coefficient (Wildman–Crippen LogP) is 4.31. The van der Waals surface area contributed by atoms with Gasteiger partial charge in [0, 0.05) is 39.0 Å². The summed E-state index contributed by atoms with van der Waals surface area (Å²) >= 11 is 1.50. The van der Waals surface area contributed by atoms with Gasteiger partial charge in [0.05, 0.1) is 24.5 Å². The average Bonchev–Trinajstić information content (AvgIpc) is 3.60. The van der Waals surface area contributed by atoms with Crippen molar-refractivity contribution in [3.63, 3.8) is 0 Å². The Morgan fingerprint density at radius 2 is 2.11 bits per heavy atom. The van der Waals surface area contributed by atoms with Crippen LogP contribution in [-0.4, -0.2) is 44.4 Å². The monoisotopic (exact) mass is 530 g/mol. The Kier molecular flexibility index (Phi) is 7.11. The summed E-state index contributed by atoms with van der Waals surface area (Å²) in [6, 6.07) is 11.6. The molecular weight excluding hydrogens is 507 g/mol. The first-order valence-electron chi connectivity index (χ1n) is 11.6. The van der Waals surface area contributed by atoms with Gasteiger partial charge in [-0.05, 0) is 47.9 Å². The summed E-state index contributed by atoms with van der Waals surface area (Å²) in [5.41, 5.74) is 10.4. The third-order valence-electron chi connectivity index (χ3n) is 5.74. The van der Waals surface area contributed by atoms with Gasteiger partial charge in [-0.3, -0.25) is 9.89 Å². The van der Waals surface area contributed by atoms with Gasteiger partial charge in [0.25, 0.3) is 0 Å². The first-order chi connectivity index (χ1) is 18.5. The number of amides is 1. The van der Waals surface area contributed by atoms with E-state index in [1.807, 2.05) is 17.5 Å². The Bertz CT molecular complexity index is 1650. The van der Waals surface area contributed by atoms with Gasteiger partial charge in [-0.2, -0.15) is 5.10 Å². The van der Waals surface area contributed by atoms with Gasteiger partial charge in [-0.15, -0.1) is 11.3 Å². The van der Waals surface area contributed by atoms with E-state index in [0.717, 1.165) is 15.6 Å². The van der Waals surface area contributed by atoms with Crippen molar-refractivity contribution in [2.75, 3.05) is 18.9 Å². The highest BCUT2D eigenvalue weighted by atomic mass is 32.1. The quantitative estimate of drug-likeness (QED) is 0.208. The molecule has 0 atom stereocenters. The molecule has 11 heteroatoms. The van der Waals surface area contributed by atoms with Crippen LogP contribution in [0.2, 0.25) is 0 Å². The van der Waals surface area contributed by atoms with Crippen LogP contribution < -0.4 is 15.8 Å². The van der Waals surface area contributed by atoms with Gasteiger partial charge in [0.2, 0.25) is 5.91 Å². The minimum atomic E-state index is -0.470. The van der Waals surface area contributed by atoms with Crippen LogP contribution in [0.25, 0.3) is 43.9 Å². The molecule has 0 unspecified atom stereocenters. The fourth-order valence-corrected chi connectivity index (χ4v) is 5.04. The molecule has 0 aliphatic heterocycles. The number of H-pyrrole nitrogens is 1. The second kappa shape index (κ2) is 10.8. The maximum atomic E-state index is 14.2. The van der Waals surface area contributed by atoms with E-state index in [9.17, 15) is 14.3 Å². The van der Waals surface area contributed by atoms with Crippen LogP contribution >= 0.6 is 11.3 Å². The zero-order valence-electron chi connectivity index (χ0n) is 20.1. The van der Waals surface area contributed by atoms with E-state index in [0.29, 0.717) is 39.7 Å². The van der Waals surface area contributed by atoms with Gasteiger partial charge in [0.15, 0.2) is 0 Å². The number of fused-ring (bicyclic) bond motifs is 1. The van der Waals surface area contributed by atoms with Crippen LogP contribution in [0, 0.1) is 5.82 Å². The van der Waals surface area contributed by atoms with E-state index >= 15 is 0 Å². The largest absolute Gasteiger partial charge is 0.490 e. The molecule has 0 saturated heterocycles. The van der Waals surface area contributed by atoms with Crippen LogP contribution in [0.15, 0.2) is 66.7 Å². The SMILES string of the molecule is C=CC(=O)NCc1cc(-c2nc(-c3ccnc(N)c3)c3ccsc3c2-c2ccc(F)cc2OCCO)n[nH]1. The van der Waals surface area contributed by atoms with Crippen LogP contribution in [0.3, 0.4) is 0 Å². The van der Waals surface area contributed by atoms with Crippen LogP contribution in [0.1, 0.15) is 5.69 Å². The molecule has 0 saturated carbocycles. The van der Waals surface area contributed by atoms with Crippen LogP contribution in [0.5, 0.6) is 5.75 Å². The number of carbonyl (C=O) groups is 1. The molecule has 0 aliphatic carbocycles. The lowest BCUT2D eigenvalue weighted by Gasteiger charge is -2.16. The molecule has 5 rings (SSSR count). The van der Waals surface area contributed by atoms with Crippen molar-refractivity contribution in [2.24, 2.45) is 0 Å². The molecule has 0 bridgehead atoms. The number of nitrogens with two attached hydrogens (primary N) is 1.